The Kier molecular flexibility index (Phi) is 6.23. The monoisotopic (exact) mass is 322 g/mol. The van der Waals surface area contributed by atoms with Crippen LogP contribution in [0.1, 0.15) is 17.4 Å². The highest BCUT2D eigenvalue weighted by atomic mass is 35.5. The minimum Gasteiger partial charge on any atom is -0.350 e. The molecule has 2 aromatic rings. The van der Waals surface area contributed by atoms with E-state index in [2.05, 4.69) is 17.1 Å². The summed E-state index contributed by atoms with van der Waals surface area (Å²) in [4.78, 5) is 15.3. The maximum atomic E-state index is 12.0. The molecule has 0 unspecified atom stereocenters. The molecule has 2 rings (SSSR count). The van der Waals surface area contributed by atoms with Gasteiger partial charge in [-0.2, -0.15) is 0 Å². The lowest BCUT2D eigenvalue weighted by Gasteiger charge is -2.20. The summed E-state index contributed by atoms with van der Waals surface area (Å²) >= 11 is 7.64. The number of hydrogen-bond donors (Lipinski definition) is 1. The van der Waals surface area contributed by atoms with Crippen LogP contribution in [0.3, 0.4) is 0 Å². The third kappa shape index (κ3) is 5.50. The Labute approximate surface area is 134 Å². The van der Waals surface area contributed by atoms with E-state index in [0.29, 0.717) is 13.1 Å². The highest BCUT2D eigenvalue weighted by molar-refractivity contribution is 7.09. The number of thiophene rings is 1. The standard InChI is InChI=1S/C16H19ClN2OS/c1-2-19(11-13-5-3-6-14(17)9-13)12-16(20)18-10-15-7-4-8-21-15/h3-9H,2,10-12H2,1H3,(H,18,20). The second kappa shape index (κ2) is 8.17. The summed E-state index contributed by atoms with van der Waals surface area (Å²) in [5, 5.41) is 5.69. The average Bonchev–Trinajstić information content (AvgIpc) is 2.98. The van der Waals surface area contributed by atoms with Gasteiger partial charge in [0, 0.05) is 16.4 Å². The first kappa shape index (κ1) is 16.0. The molecule has 112 valence electrons. The molecule has 0 fully saturated rings. The lowest BCUT2D eigenvalue weighted by molar-refractivity contribution is -0.122. The van der Waals surface area contributed by atoms with Crippen LogP contribution in [-0.4, -0.2) is 23.9 Å². The smallest absolute Gasteiger partial charge is 0.234 e. The van der Waals surface area contributed by atoms with Crippen LogP contribution in [-0.2, 0) is 17.9 Å². The fourth-order valence-electron chi connectivity index (χ4n) is 2.03. The molecule has 0 aliphatic carbocycles. The fraction of sp³-hybridized carbons (Fsp3) is 0.312. The SMILES string of the molecule is CCN(CC(=O)NCc1cccs1)Cc1cccc(Cl)c1. The van der Waals surface area contributed by atoms with E-state index in [-0.39, 0.29) is 5.91 Å². The van der Waals surface area contributed by atoms with Gasteiger partial charge in [0.1, 0.15) is 0 Å². The van der Waals surface area contributed by atoms with Gasteiger partial charge < -0.3 is 5.32 Å². The molecular formula is C16H19ClN2OS. The zero-order valence-electron chi connectivity index (χ0n) is 12.0. The lowest BCUT2D eigenvalue weighted by Crippen LogP contribution is -2.36. The Bertz CT molecular complexity index is 571. The number of carbonyl (C=O) groups excluding carboxylic acids is 1. The molecule has 0 bridgehead atoms. The molecule has 1 aromatic carbocycles. The Morgan fingerprint density at radius 2 is 2.19 bits per heavy atom. The highest BCUT2D eigenvalue weighted by Gasteiger charge is 2.10. The van der Waals surface area contributed by atoms with E-state index < -0.39 is 0 Å². The average molecular weight is 323 g/mol. The number of halogens is 1. The topological polar surface area (TPSA) is 32.3 Å². The molecule has 1 N–H and O–H groups in total. The normalized spacial score (nSPS) is 10.8. The van der Waals surface area contributed by atoms with E-state index in [1.807, 2.05) is 41.8 Å². The van der Waals surface area contributed by atoms with Crippen molar-refractivity contribution in [1.82, 2.24) is 10.2 Å². The molecule has 21 heavy (non-hydrogen) atoms. The first-order valence-corrected chi connectivity index (χ1v) is 8.19. The van der Waals surface area contributed by atoms with E-state index >= 15 is 0 Å². The zero-order valence-corrected chi connectivity index (χ0v) is 13.6. The van der Waals surface area contributed by atoms with Crippen molar-refractivity contribution in [1.29, 1.82) is 0 Å². The first-order chi connectivity index (χ1) is 10.2. The molecule has 1 amide bonds. The van der Waals surface area contributed by atoms with Gasteiger partial charge in [0.25, 0.3) is 0 Å². The zero-order chi connectivity index (χ0) is 15.1. The molecule has 0 radical (unpaired) electrons. The summed E-state index contributed by atoms with van der Waals surface area (Å²) < 4.78 is 0. The van der Waals surface area contributed by atoms with E-state index in [0.717, 1.165) is 23.7 Å². The summed E-state index contributed by atoms with van der Waals surface area (Å²) in [7, 11) is 0. The van der Waals surface area contributed by atoms with Crippen molar-refractivity contribution in [2.45, 2.75) is 20.0 Å². The van der Waals surface area contributed by atoms with Crippen molar-refractivity contribution in [3.05, 3.63) is 57.2 Å². The number of nitrogens with zero attached hydrogens (tertiary/aromatic N) is 1. The van der Waals surface area contributed by atoms with Gasteiger partial charge in [-0.25, -0.2) is 0 Å². The first-order valence-electron chi connectivity index (χ1n) is 6.93. The number of likely N-dealkylation sites (N-methyl/N-ethyl adjacent to an activating group) is 1. The minimum absolute atomic E-state index is 0.0484. The number of hydrogen-bond acceptors (Lipinski definition) is 3. The van der Waals surface area contributed by atoms with Crippen molar-refractivity contribution in [3.8, 4) is 0 Å². The summed E-state index contributed by atoms with van der Waals surface area (Å²) in [5.74, 6) is 0.0484. The Hall–Kier alpha value is -1.36. The molecule has 5 heteroatoms. The van der Waals surface area contributed by atoms with E-state index in [1.165, 1.54) is 4.88 Å². The van der Waals surface area contributed by atoms with Gasteiger partial charge in [0.2, 0.25) is 5.91 Å². The summed E-state index contributed by atoms with van der Waals surface area (Å²) in [5.41, 5.74) is 1.12. The second-order valence-electron chi connectivity index (χ2n) is 4.79. The third-order valence-electron chi connectivity index (χ3n) is 3.15. The van der Waals surface area contributed by atoms with Crippen molar-refractivity contribution in [2.75, 3.05) is 13.1 Å². The Balaban J connectivity index is 1.82. The Morgan fingerprint density at radius 3 is 2.86 bits per heavy atom. The van der Waals surface area contributed by atoms with Crippen molar-refractivity contribution in [3.63, 3.8) is 0 Å². The predicted octanol–water partition coefficient (Wildman–Crippen LogP) is 3.54. The number of benzene rings is 1. The van der Waals surface area contributed by atoms with Gasteiger partial charge >= 0.3 is 0 Å². The van der Waals surface area contributed by atoms with Gasteiger partial charge in [-0.05, 0) is 35.7 Å². The van der Waals surface area contributed by atoms with E-state index in [4.69, 9.17) is 11.6 Å². The summed E-state index contributed by atoms with van der Waals surface area (Å²) in [6.45, 7) is 4.60. The van der Waals surface area contributed by atoms with Crippen LogP contribution < -0.4 is 5.32 Å². The molecule has 0 aliphatic heterocycles. The maximum absolute atomic E-state index is 12.0. The van der Waals surface area contributed by atoms with Crippen LogP contribution in [0, 0.1) is 0 Å². The quantitative estimate of drug-likeness (QED) is 0.845. The molecule has 0 spiro atoms. The molecular weight excluding hydrogens is 304 g/mol. The van der Waals surface area contributed by atoms with Crippen LogP contribution in [0.25, 0.3) is 0 Å². The van der Waals surface area contributed by atoms with Crippen LogP contribution in [0.2, 0.25) is 5.02 Å². The van der Waals surface area contributed by atoms with Crippen molar-refractivity contribution < 1.29 is 4.79 Å². The highest BCUT2D eigenvalue weighted by Crippen LogP contribution is 2.12. The molecule has 1 heterocycles. The molecule has 3 nitrogen and oxygen atoms in total. The maximum Gasteiger partial charge on any atom is 0.234 e. The fourth-order valence-corrected chi connectivity index (χ4v) is 2.89. The van der Waals surface area contributed by atoms with Crippen LogP contribution in [0.15, 0.2) is 41.8 Å². The largest absolute Gasteiger partial charge is 0.350 e. The number of amides is 1. The van der Waals surface area contributed by atoms with E-state index in [9.17, 15) is 4.79 Å². The number of rotatable bonds is 7. The summed E-state index contributed by atoms with van der Waals surface area (Å²) in [6.07, 6.45) is 0. The minimum atomic E-state index is 0.0484. The number of nitrogens with one attached hydrogen (secondary N) is 1. The number of carbonyl (C=O) groups is 1. The molecule has 0 saturated carbocycles. The van der Waals surface area contributed by atoms with Crippen LogP contribution in [0.5, 0.6) is 0 Å². The van der Waals surface area contributed by atoms with Gasteiger partial charge in [0.15, 0.2) is 0 Å². The predicted molar refractivity (Wildman–Crippen MR) is 88.6 cm³/mol. The molecule has 0 aliphatic rings. The van der Waals surface area contributed by atoms with Gasteiger partial charge in [-0.3, -0.25) is 9.69 Å². The molecule has 0 atom stereocenters. The van der Waals surface area contributed by atoms with Crippen molar-refractivity contribution in [2.24, 2.45) is 0 Å². The van der Waals surface area contributed by atoms with E-state index in [1.54, 1.807) is 11.3 Å². The van der Waals surface area contributed by atoms with Gasteiger partial charge in [-0.15, -0.1) is 11.3 Å². The van der Waals surface area contributed by atoms with Crippen molar-refractivity contribution >= 4 is 28.8 Å². The molecule has 1 aromatic heterocycles. The second-order valence-corrected chi connectivity index (χ2v) is 6.26. The Morgan fingerprint density at radius 1 is 1.33 bits per heavy atom. The summed E-state index contributed by atoms with van der Waals surface area (Å²) in [6, 6.07) is 11.8. The van der Waals surface area contributed by atoms with Crippen LogP contribution in [0.4, 0.5) is 0 Å². The molecule has 0 saturated heterocycles. The lowest BCUT2D eigenvalue weighted by atomic mass is 10.2. The third-order valence-corrected chi connectivity index (χ3v) is 4.26. The van der Waals surface area contributed by atoms with Crippen LogP contribution >= 0.6 is 22.9 Å². The van der Waals surface area contributed by atoms with Gasteiger partial charge in [-0.1, -0.05) is 36.7 Å². The van der Waals surface area contributed by atoms with Gasteiger partial charge in [0.05, 0.1) is 13.1 Å².